The molecule has 0 atom stereocenters. The maximum absolute atomic E-state index is 12.6. The molecule has 2 N–H and O–H groups in total. The molecule has 0 bridgehead atoms. The van der Waals surface area contributed by atoms with Crippen LogP contribution in [0.5, 0.6) is 0 Å². The van der Waals surface area contributed by atoms with E-state index in [4.69, 9.17) is 5.14 Å². The zero-order valence-corrected chi connectivity index (χ0v) is 13.9. The fourth-order valence-corrected chi connectivity index (χ4v) is 3.48. The minimum absolute atomic E-state index is 0.0209. The second-order valence-corrected chi connectivity index (χ2v) is 7.37. The van der Waals surface area contributed by atoms with Gasteiger partial charge >= 0.3 is 6.18 Å². The highest BCUT2D eigenvalue weighted by atomic mass is 32.2. The molecule has 1 aliphatic rings. The smallest absolute Gasteiger partial charge is 0.251 e. The molecular weight excluding hydrogens is 353 g/mol. The van der Waals surface area contributed by atoms with Crippen LogP contribution in [0.1, 0.15) is 36.1 Å². The summed E-state index contributed by atoms with van der Waals surface area (Å²) in [4.78, 5) is 3.53. The van der Waals surface area contributed by atoms with Crippen molar-refractivity contribution in [1.29, 1.82) is 0 Å². The first-order chi connectivity index (χ1) is 11.7. The van der Waals surface area contributed by atoms with Crippen molar-refractivity contribution in [2.75, 3.05) is 0 Å². The van der Waals surface area contributed by atoms with Crippen LogP contribution in [0.15, 0.2) is 47.5 Å². The first-order valence-electron chi connectivity index (χ1n) is 7.55. The molecule has 1 aromatic heterocycles. The fraction of sp³-hybridized carbons (Fsp3) is 0.235. The quantitative estimate of drug-likeness (QED) is 0.895. The van der Waals surface area contributed by atoms with Gasteiger partial charge in [-0.05, 0) is 59.7 Å². The standard InChI is InChI=1S/C17H15F3N2O2S/c18-17(19,20)16-9-6-12(10-22-16)15-3-1-2-14(15)11-4-7-13(8-5-11)25(21,23)24/h4-10H,1-3H2,(H2,21,23,24). The van der Waals surface area contributed by atoms with E-state index in [1.165, 1.54) is 24.4 Å². The first kappa shape index (κ1) is 17.6. The Hall–Kier alpha value is -2.19. The van der Waals surface area contributed by atoms with Crippen molar-refractivity contribution in [3.8, 4) is 0 Å². The average molecular weight is 368 g/mol. The summed E-state index contributed by atoms with van der Waals surface area (Å²) in [7, 11) is -3.76. The molecule has 25 heavy (non-hydrogen) atoms. The van der Waals surface area contributed by atoms with Gasteiger partial charge in [0.05, 0.1) is 4.90 Å². The topological polar surface area (TPSA) is 73.1 Å². The van der Waals surface area contributed by atoms with Crippen molar-refractivity contribution >= 4 is 21.2 Å². The van der Waals surface area contributed by atoms with E-state index >= 15 is 0 Å². The number of sulfonamides is 1. The lowest BCUT2D eigenvalue weighted by molar-refractivity contribution is -0.141. The minimum atomic E-state index is -4.46. The van der Waals surface area contributed by atoms with Crippen LogP contribution in [-0.4, -0.2) is 13.4 Å². The maximum Gasteiger partial charge on any atom is 0.433 e. The van der Waals surface area contributed by atoms with Crippen LogP contribution in [0.3, 0.4) is 0 Å². The van der Waals surface area contributed by atoms with Gasteiger partial charge in [0.2, 0.25) is 10.0 Å². The molecule has 0 aliphatic heterocycles. The van der Waals surface area contributed by atoms with Crippen molar-refractivity contribution in [1.82, 2.24) is 4.98 Å². The molecule has 2 aromatic rings. The number of benzene rings is 1. The predicted octanol–water partition coefficient (Wildman–Crippen LogP) is 3.84. The number of pyridine rings is 1. The van der Waals surface area contributed by atoms with Gasteiger partial charge in [0, 0.05) is 6.20 Å². The molecule has 3 rings (SSSR count). The molecule has 1 heterocycles. The number of allylic oxidation sites excluding steroid dienone is 2. The van der Waals surface area contributed by atoms with Crippen LogP contribution in [0.4, 0.5) is 13.2 Å². The lowest BCUT2D eigenvalue weighted by atomic mass is 9.98. The zero-order chi connectivity index (χ0) is 18.2. The van der Waals surface area contributed by atoms with Gasteiger partial charge in [0.15, 0.2) is 0 Å². The highest BCUT2D eigenvalue weighted by molar-refractivity contribution is 7.89. The molecule has 0 saturated heterocycles. The average Bonchev–Trinajstić information content (AvgIpc) is 3.03. The summed E-state index contributed by atoms with van der Waals surface area (Å²) in [5.41, 5.74) is 2.48. The molecule has 0 amide bonds. The Labute approximate surface area is 143 Å². The zero-order valence-electron chi connectivity index (χ0n) is 13.0. The summed E-state index contributed by atoms with van der Waals surface area (Å²) >= 11 is 0. The molecule has 0 radical (unpaired) electrons. The van der Waals surface area contributed by atoms with E-state index < -0.39 is 21.9 Å². The van der Waals surface area contributed by atoms with E-state index in [0.717, 1.165) is 42.0 Å². The van der Waals surface area contributed by atoms with Gasteiger partial charge in [0.25, 0.3) is 0 Å². The fourth-order valence-electron chi connectivity index (χ4n) is 2.97. The van der Waals surface area contributed by atoms with Crippen LogP contribution in [0.2, 0.25) is 0 Å². The number of aromatic nitrogens is 1. The van der Waals surface area contributed by atoms with E-state index in [-0.39, 0.29) is 4.90 Å². The summed E-state index contributed by atoms with van der Waals surface area (Å²) in [6, 6.07) is 8.59. The van der Waals surface area contributed by atoms with Gasteiger partial charge in [0.1, 0.15) is 5.69 Å². The summed E-state index contributed by atoms with van der Waals surface area (Å²) in [6.07, 6.45) is -0.843. The number of primary sulfonamides is 1. The largest absolute Gasteiger partial charge is 0.433 e. The molecule has 1 aliphatic carbocycles. The summed E-state index contributed by atoms with van der Waals surface area (Å²) in [5, 5.41) is 5.09. The van der Waals surface area contributed by atoms with Gasteiger partial charge in [-0.25, -0.2) is 13.6 Å². The van der Waals surface area contributed by atoms with Crippen molar-refractivity contribution < 1.29 is 21.6 Å². The number of nitrogens with zero attached hydrogens (tertiary/aromatic N) is 1. The van der Waals surface area contributed by atoms with Crippen molar-refractivity contribution in [3.63, 3.8) is 0 Å². The Morgan fingerprint density at radius 1 is 0.920 bits per heavy atom. The van der Waals surface area contributed by atoms with E-state index in [0.29, 0.717) is 5.56 Å². The third-order valence-electron chi connectivity index (χ3n) is 4.15. The van der Waals surface area contributed by atoms with Crippen molar-refractivity contribution in [2.45, 2.75) is 30.3 Å². The second kappa shape index (κ2) is 6.27. The Morgan fingerprint density at radius 3 is 1.96 bits per heavy atom. The van der Waals surface area contributed by atoms with Crippen LogP contribution >= 0.6 is 0 Å². The number of hydrogen-bond donors (Lipinski definition) is 1. The van der Waals surface area contributed by atoms with E-state index in [2.05, 4.69) is 4.98 Å². The molecule has 4 nitrogen and oxygen atoms in total. The van der Waals surface area contributed by atoms with E-state index in [9.17, 15) is 21.6 Å². The van der Waals surface area contributed by atoms with Crippen LogP contribution in [0, 0.1) is 0 Å². The second-order valence-electron chi connectivity index (χ2n) is 5.81. The monoisotopic (exact) mass is 368 g/mol. The first-order valence-corrected chi connectivity index (χ1v) is 9.10. The van der Waals surface area contributed by atoms with Gasteiger partial charge < -0.3 is 0 Å². The molecule has 0 spiro atoms. The molecule has 0 unspecified atom stereocenters. The molecule has 0 saturated carbocycles. The lowest BCUT2D eigenvalue weighted by Gasteiger charge is -2.10. The highest BCUT2D eigenvalue weighted by Gasteiger charge is 2.32. The van der Waals surface area contributed by atoms with Gasteiger partial charge in [-0.3, -0.25) is 4.98 Å². The minimum Gasteiger partial charge on any atom is -0.251 e. The van der Waals surface area contributed by atoms with Crippen LogP contribution in [-0.2, 0) is 16.2 Å². The van der Waals surface area contributed by atoms with Crippen LogP contribution in [0.25, 0.3) is 11.1 Å². The van der Waals surface area contributed by atoms with Gasteiger partial charge in [-0.15, -0.1) is 0 Å². The van der Waals surface area contributed by atoms with E-state index in [1.807, 2.05) is 0 Å². The van der Waals surface area contributed by atoms with Gasteiger partial charge in [-0.1, -0.05) is 18.2 Å². The molecule has 132 valence electrons. The van der Waals surface area contributed by atoms with E-state index in [1.54, 1.807) is 12.1 Å². The molecular formula is C17H15F3N2O2S. The van der Waals surface area contributed by atoms with Crippen LogP contribution < -0.4 is 5.14 Å². The summed E-state index contributed by atoms with van der Waals surface area (Å²) in [6.45, 7) is 0. The number of alkyl halides is 3. The SMILES string of the molecule is NS(=O)(=O)c1ccc(C2=C(c3ccc(C(F)(F)F)nc3)CCC2)cc1. The normalized spacial score (nSPS) is 15.7. The van der Waals surface area contributed by atoms with Crippen molar-refractivity contribution in [2.24, 2.45) is 5.14 Å². The third-order valence-corrected chi connectivity index (χ3v) is 5.08. The molecule has 0 fully saturated rings. The Bertz CT molecular complexity index is 916. The predicted molar refractivity (Wildman–Crippen MR) is 87.7 cm³/mol. The Balaban J connectivity index is 1.97. The third kappa shape index (κ3) is 3.74. The van der Waals surface area contributed by atoms with Crippen molar-refractivity contribution in [3.05, 3.63) is 59.4 Å². The maximum atomic E-state index is 12.6. The lowest BCUT2D eigenvalue weighted by Crippen LogP contribution is -2.11. The number of halogens is 3. The Morgan fingerprint density at radius 2 is 1.48 bits per heavy atom. The number of hydrogen-bond acceptors (Lipinski definition) is 3. The molecule has 1 aromatic carbocycles. The van der Waals surface area contributed by atoms with Gasteiger partial charge in [-0.2, -0.15) is 13.2 Å². The number of rotatable bonds is 3. The molecule has 8 heteroatoms. The highest BCUT2D eigenvalue weighted by Crippen LogP contribution is 2.40. The Kier molecular flexibility index (Phi) is 4.42. The number of nitrogens with two attached hydrogens (primary N) is 1. The summed E-state index contributed by atoms with van der Waals surface area (Å²) < 4.78 is 60.6. The summed E-state index contributed by atoms with van der Waals surface area (Å²) in [5.74, 6) is 0.